The fourth-order valence-electron chi connectivity index (χ4n) is 5.84. The first-order chi connectivity index (χ1) is 22.5. The smallest absolute Gasteiger partial charge is 0.342 e. The van der Waals surface area contributed by atoms with Crippen molar-refractivity contribution >= 4 is 30.6 Å². The van der Waals surface area contributed by atoms with E-state index in [1.807, 2.05) is 39.8 Å². The second kappa shape index (κ2) is 16.3. The Morgan fingerprint density at radius 2 is 1.42 bits per heavy atom. The predicted octanol–water partition coefficient (Wildman–Crippen LogP) is 8.51. The van der Waals surface area contributed by atoms with Crippen LogP contribution in [0.4, 0.5) is 0 Å². The summed E-state index contributed by atoms with van der Waals surface area (Å²) < 4.78 is 24.3. The van der Waals surface area contributed by atoms with E-state index in [2.05, 4.69) is 94.3 Å². The van der Waals surface area contributed by atoms with E-state index in [4.69, 9.17) is 18.3 Å². The summed E-state index contributed by atoms with van der Waals surface area (Å²) in [5, 5.41) is 2.30. The summed E-state index contributed by atoms with van der Waals surface area (Å²) in [6.45, 7) is 25.7. The molecule has 256 valence electrons. The Morgan fingerprint density at radius 3 is 1.88 bits per heavy atom. The highest BCUT2D eigenvalue weighted by atomic mass is 28.4. The quantitative estimate of drug-likeness (QED) is 0.0787. The average molecular weight is 669 g/mol. The lowest BCUT2D eigenvalue weighted by Gasteiger charge is -2.42. The van der Waals surface area contributed by atoms with Gasteiger partial charge in [0.25, 0.3) is 8.32 Å². The van der Waals surface area contributed by atoms with E-state index in [9.17, 15) is 9.59 Å². The van der Waals surface area contributed by atoms with E-state index in [0.717, 1.165) is 5.57 Å². The van der Waals surface area contributed by atoms with Gasteiger partial charge in [-0.2, -0.15) is 0 Å². The van der Waals surface area contributed by atoms with Gasteiger partial charge in [-0.1, -0.05) is 106 Å². The van der Waals surface area contributed by atoms with Gasteiger partial charge in [-0.25, -0.2) is 4.79 Å². The number of carbonyl (C=O) groups is 2. The molecule has 0 saturated heterocycles. The molecule has 0 N–H and O–H groups in total. The predicted molar refractivity (Wildman–Crippen MR) is 196 cm³/mol. The van der Waals surface area contributed by atoms with Gasteiger partial charge in [-0.3, -0.25) is 4.79 Å². The molecular weight excluding hydrogens is 617 g/mol. The molecule has 48 heavy (non-hydrogen) atoms. The van der Waals surface area contributed by atoms with Gasteiger partial charge in [-0.05, 0) is 74.0 Å². The first kappa shape index (κ1) is 38.3. The summed E-state index contributed by atoms with van der Waals surface area (Å²) in [7, 11) is -2.67. The summed E-state index contributed by atoms with van der Waals surface area (Å²) in [6.07, 6.45) is 0.910. The maximum atomic E-state index is 13.3. The Kier molecular flexibility index (Phi) is 13.0. The zero-order valence-corrected chi connectivity index (χ0v) is 31.2. The van der Waals surface area contributed by atoms with Crippen molar-refractivity contribution < 1.29 is 27.9 Å². The molecule has 1 aromatic heterocycles. The SMILES string of the molecule is C=C(C)C(CCC#CCO[Si](c1ccccc1)(c1ccccc1)C(C)(C)C)Cc1oc(C(OC(C)=O)C(=C)C)cc1C(=O)OC(C)(C)C. The first-order valence-corrected chi connectivity index (χ1v) is 18.4. The second-order valence-electron chi connectivity index (χ2n) is 14.4. The summed E-state index contributed by atoms with van der Waals surface area (Å²) in [4.78, 5) is 25.1. The second-order valence-corrected chi connectivity index (χ2v) is 18.7. The van der Waals surface area contributed by atoms with Crippen molar-refractivity contribution in [1.29, 1.82) is 0 Å². The average Bonchev–Trinajstić information content (AvgIpc) is 3.41. The molecule has 0 aliphatic heterocycles. The van der Waals surface area contributed by atoms with Crippen molar-refractivity contribution in [3.05, 3.63) is 108 Å². The Balaban J connectivity index is 1.83. The minimum Gasteiger partial charge on any atom is -0.461 e. The molecule has 0 bridgehead atoms. The number of allylic oxidation sites excluding steroid dienone is 1. The van der Waals surface area contributed by atoms with Gasteiger partial charge < -0.3 is 18.3 Å². The lowest BCUT2D eigenvalue weighted by molar-refractivity contribution is -0.145. The monoisotopic (exact) mass is 668 g/mol. The van der Waals surface area contributed by atoms with E-state index >= 15 is 0 Å². The lowest BCUT2D eigenvalue weighted by Crippen LogP contribution is -2.66. The number of furan rings is 1. The molecule has 0 aliphatic rings. The number of rotatable bonds is 13. The minimum atomic E-state index is -2.67. The summed E-state index contributed by atoms with van der Waals surface area (Å²) in [5.74, 6) is 6.40. The zero-order chi connectivity index (χ0) is 35.7. The molecular formula is C41H52O6Si. The Labute approximate surface area is 288 Å². The number of carbonyl (C=O) groups excluding carboxylic acids is 2. The van der Waals surface area contributed by atoms with E-state index in [1.54, 1.807) is 13.0 Å². The maximum absolute atomic E-state index is 13.3. The fraction of sp³-hybridized carbons (Fsp3) is 0.415. The van der Waals surface area contributed by atoms with E-state index in [0.29, 0.717) is 48.5 Å². The largest absolute Gasteiger partial charge is 0.461 e. The van der Waals surface area contributed by atoms with Crippen LogP contribution in [0.15, 0.2) is 95.5 Å². The standard InChI is InChI=1S/C41H52O6Si/c1-29(2)32(27-36-35(39(43)47-40(6,7)8)28-37(46-36)38(30(3)4)45-31(5)42)21-15-14-20-26-44-48(41(9,10)11,33-22-16-12-17-23-33)34-24-18-13-19-25-34/h12-13,16-19,22-25,28,32,38H,1,3,15,21,26-27H2,2,4-11H3. The van der Waals surface area contributed by atoms with Crippen LogP contribution in [-0.2, 0) is 25.1 Å². The van der Waals surface area contributed by atoms with Crippen molar-refractivity contribution in [3.8, 4) is 11.8 Å². The molecule has 1 heterocycles. The number of ether oxygens (including phenoxy) is 2. The summed E-state index contributed by atoms with van der Waals surface area (Å²) >= 11 is 0. The number of benzene rings is 2. The molecule has 2 unspecified atom stereocenters. The highest BCUT2D eigenvalue weighted by Crippen LogP contribution is 2.37. The third kappa shape index (κ3) is 9.95. The fourth-order valence-corrected chi connectivity index (χ4v) is 10.3. The van der Waals surface area contributed by atoms with Gasteiger partial charge >= 0.3 is 11.9 Å². The molecule has 0 saturated carbocycles. The highest BCUT2D eigenvalue weighted by Gasteiger charge is 2.50. The summed E-state index contributed by atoms with van der Waals surface area (Å²) in [6, 6.07) is 22.7. The molecule has 7 heteroatoms. The van der Waals surface area contributed by atoms with Crippen molar-refractivity contribution in [2.24, 2.45) is 5.92 Å². The van der Waals surface area contributed by atoms with Gasteiger partial charge in [0.1, 0.15) is 22.7 Å². The maximum Gasteiger partial charge on any atom is 0.342 e. The van der Waals surface area contributed by atoms with Gasteiger partial charge in [-0.15, -0.1) is 5.92 Å². The molecule has 0 spiro atoms. The van der Waals surface area contributed by atoms with Crippen molar-refractivity contribution in [1.82, 2.24) is 0 Å². The lowest BCUT2D eigenvalue weighted by atomic mass is 9.91. The van der Waals surface area contributed by atoms with Crippen LogP contribution >= 0.6 is 0 Å². The summed E-state index contributed by atoms with van der Waals surface area (Å²) in [5.41, 5.74) is 1.13. The van der Waals surface area contributed by atoms with Gasteiger partial charge in [0, 0.05) is 19.8 Å². The molecule has 3 rings (SSSR count). The van der Waals surface area contributed by atoms with E-state index in [1.165, 1.54) is 17.3 Å². The molecule has 0 aliphatic carbocycles. The highest BCUT2D eigenvalue weighted by molar-refractivity contribution is 6.99. The van der Waals surface area contributed by atoms with Crippen LogP contribution in [0.5, 0.6) is 0 Å². The van der Waals surface area contributed by atoms with Crippen LogP contribution in [0.3, 0.4) is 0 Å². The Morgan fingerprint density at radius 1 is 0.854 bits per heavy atom. The first-order valence-electron chi connectivity index (χ1n) is 16.5. The van der Waals surface area contributed by atoms with Crippen LogP contribution < -0.4 is 10.4 Å². The Hall–Kier alpha value is -4.12. The topological polar surface area (TPSA) is 75.0 Å². The molecule has 3 aromatic rings. The van der Waals surface area contributed by atoms with Crippen LogP contribution in [-0.4, -0.2) is 32.5 Å². The molecule has 0 radical (unpaired) electrons. The molecule has 0 amide bonds. The zero-order valence-electron chi connectivity index (χ0n) is 30.2. The normalized spacial score (nSPS) is 13.1. The molecule has 2 aromatic carbocycles. The van der Waals surface area contributed by atoms with Crippen molar-refractivity contribution in [2.45, 2.75) is 98.3 Å². The van der Waals surface area contributed by atoms with E-state index < -0.39 is 32.0 Å². The van der Waals surface area contributed by atoms with Crippen LogP contribution in [0.2, 0.25) is 5.04 Å². The van der Waals surface area contributed by atoms with Crippen LogP contribution in [0.25, 0.3) is 0 Å². The van der Waals surface area contributed by atoms with Gasteiger partial charge in [0.05, 0.1) is 6.61 Å². The minimum absolute atomic E-state index is 0.0194. The van der Waals surface area contributed by atoms with Crippen LogP contribution in [0.1, 0.15) is 103 Å². The number of esters is 2. The molecule has 0 fully saturated rings. The number of hydrogen-bond acceptors (Lipinski definition) is 6. The number of hydrogen-bond donors (Lipinski definition) is 0. The van der Waals surface area contributed by atoms with Crippen molar-refractivity contribution in [3.63, 3.8) is 0 Å². The third-order valence-electron chi connectivity index (χ3n) is 8.09. The van der Waals surface area contributed by atoms with Crippen molar-refractivity contribution in [2.75, 3.05) is 6.61 Å². The van der Waals surface area contributed by atoms with Gasteiger partial charge in [0.2, 0.25) is 0 Å². The molecule has 6 nitrogen and oxygen atoms in total. The van der Waals surface area contributed by atoms with Crippen LogP contribution in [0, 0.1) is 17.8 Å². The molecule has 2 atom stereocenters. The Bertz CT molecular complexity index is 1590. The van der Waals surface area contributed by atoms with Gasteiger partial charge in [0.15, 0.2) is 6.10 Å². The third-order valence-corrected chi connectivity index (χ3v) is 13.1. The van der Waals surface area contributed by atoms with E-state index in [-0.39, 0.29) is 11.0 Å².